The number of hydrogen-bond acceptors (Lipinski definition) is 3. The van der Waals surface area contributed by atoms with Gasteiger partial charge in [0.25, 0.3) is 0 Å². The summed E-state index contributed by atoms with van der Waals surface area (Å²) in [6.45, 7) is 3.61. The number of benzene rings is 2. The van der Waals surface area contributed by atoms with E-state index in [-0.39, 0.29) is 6.54 Å². The Labute approximate surface area is 160 Å². The Bertz CT molecular complexity index is 875. The molecule has 2 rings (SSSR count). The standard InChI is InChI=1S/C19H23ClN2O3S/c1-4-14-9-8-10-15(5-2)19(14)22(26(3,24)25)13-18(23)21-17-12-7-6-11-16(17)20/h6-12H,4-5,13H2,1-3H3,(H,21,23). The van der Waals surface area contributed by atoms with Gasteiger partial charge in [0, 0.05) is 0 Å². The first-order chi connectivity index (χ1) is 12.3. The number of hydrogen-bond donors (Lipinski definition) is 1. The average Bonchev–Trinajstić information content (AvgIpc) is 2.60. The normalized spacial score (nSPS) is 11.2. The zero-order chi connectivity index (χ0) is 19.3. The number of rotatable bonds is 7. The summed E-state index contributed by atoms with van der Waals surface area (Å²) in [5.74, 6) is -0.448. The molecule has 0 saturated carbocycles. The van der Waals surface area contributed by atoms with Crippen molar-refractivity contribution in [3.05, 3.63) is 58.6 Å². The van der Waals surface area contributed by atoms with Gasteiger partial charge in [-0.1, -0.05) is 55.8 Å². The molecule has 2 aromatic carbocycles. The van der Waals surface area contributed by atoms with E-state index in [2.05, 4.69) is 5.32 Å². The van der Waals surface area contributed by atoms with Crippen molar-refractivity contribution in [1.29, 1.82) is 0 Å². The average molecular weight is 395 g/mol. The maximum Gasteiger partial charge on any atom is 0.245 e. The number of nitrogens with zero attached hydrogens (tertiary/aromatic N) is 1. The highest BCUT2D eigenvalue weighted by Crippen LogP contribution is 2.29. The predicted molar refractivity (Wildman–Crippen MR) is 107 cm³/mol. The maximum absolute atomic E-state index is 12.5. The molecule has 0 spiro atoms. The Kier molecular flexibility index (Phi) is 6.67. The van der Waals surface area contributed by atoms with Crippen LogP contribution in [0.2, 0.25) is 5.02 Å². The van der Waals surface area contributed by atoms with Crippen molar-refractivity contribution >= 4 is 38.9 Å². The summed E-state index contributed by atoms with van der Waals surface area (Å²) in [6.07, 6.45) is 2.45. The number of carbonyl (C=O) groups is 1. The third-order valence-corrected chi connectivity index (χ3v) is 5.49. The Morgan fingerprint density at radius 2 is 1.62 bits per heavy atom. The molecule has 0 atom stereocenters. The summed E-state index contributed by atoms with van der Waals surface area (Å²) in [4.78, 5) is 12.5. The second-order valence-electron chi connectivity index (χ2n) is 5.93. The lowest BCUT2D eigenvalue weighted by molar-refractivity contribution is -0.114. The van der Waals surface area contributed by atoms with Crippen LogP contribution < -0.4 is 9.62 Å². The Morgan fingerprint density at radius 3 is 2.12 bits per heavy atom. The second-order valence-corrected chi connectivity index (χ2v) is 8.24. The van der Waals surface area contributed by atoms with E-state index in [1.54, 1.807) is 24.3 Å². The Balaban J connectivity index is 2.39. The molecule has 140 valence electrons. The molecule has 0 aliphatic carbocycles. The minimum Gasteiger partial charge on any atom is -0.323 e. The van der Waals surface area contributed by atoms with Crippen LogP contribution in [0.5, 0.6) is 0 Å². The van der Waals surface area contributed by atoms with Crippen LogP contribution in [-0.2, 0) is 27.7 Å². The van der Waals surface area contributed by atoms with Gasteiger partial charge in [-0.2, -0.15) is 0 Å². The number of halogens is 1. The molecule has 0 unspecified atom stereocenters. The highest BCUT2D eigenvalue weighted by molar-refractivity contribution is 7.92. The largest absolute Gasteiger partial charge is 0.323 e. The Morgan fingerprint density at radius 1 is 1.04 bits per heavy atom. The van der Waals surface area contributed by atoms with Crippen LogP contribution >= 0.6 is 11.6 Å². The van der Waals surface area contributed by atoms with Crippen LogP contribution in [-0.4, -0.2) is 27.1 Å². The van der Waals surface area contributed by atoms with Gasteiger partial charge < -0.3 is 5.32 Å². The number of carbonyl (C=O) groups excluding carboxylic acids is 1. The van der Waals surface area contributed by atoms with Crippen molar-refractivity contribution in [3.63, 3.8) is 0 Å². The van der Waals surface area contributed by atoms with Gasteiger partial charge in [-0.25, -0.2) is 8.42 Å². The van der Waals surface area contributed by atoms with Crippen LogP contribution in [0.1, 0.15) is 25.0 Å². The molecule has 5 nitrogen and oxygen atoms in total. The molecule has 0 aliphatic heterocycles. The van der Waals surface area contributed by atoms with E-state index in [9.17, 15) is 13.2 Å². The van der Waals surface area contributed by atoms with E-state index >= 15 is 0 Å². The number of sulfonamides is 1. The fraction of sp³-hybridized carbons (Fsp3) is 0.316. The smallest absolute Gasteiger partial charge is 0.245 e. The van der Waals surface area contributed by atoms with E-state index in [1.807, 2.05) is 32.0 Å². The van der Waals surface area contributed by atoms with E-state index in [0.717, 1.165) is 17.4 Å². The zero-order valence-electron chi connectivity index (χ0n) is 15.1. The summed E-state index contributed by atoms with van der Waals surface area (Å²) >= 11 is 6.06. The molecule has 1 amide bonds. The third kappa shape index (κ3) is 4.77. The molecule has 1 N–H and O–H groups in total. The van der Waals surface area contributed by atoms with Gasteiger partial charge in [-0.05, 0) is 36.1 Å². The van der Waals surface area contributed by atoms with Crippen LogP contribution in [0.4, 0.5) is 11.4 Å². The number of para-hydroxylation sites is 2. The quantitative estimate of drug-likeness (QED) is 0.775. The van der Waals surface area contributed by atoms with Gasteiger partial charge in [0.15, 0.2) is 0 Å². The third-order valence-electron chi connectivity index (χ3n) is 4.05. The van der Waals surface area contributed by atoms with Gasteiger partial charge in [0.05, 0.1) is 22.7 Å². The molecule has 0 heterocycles. The summed E-state index contributed by atoms with van der Waals surface area (Å²) in [5, 5.41) is 3.08. The predicted octanol–water partition coefficient (Wildman–Crippen LogP) is 3.87. The summed E-state index contributed by atoms with van der Waals surface area (Å²) < 4.78 is 26.1. The van der Waals surface area contributed by atoms with Crippen molar-refractivity contribution in [2.24, 2.45) is 0 Å². The first-order valence-electron chi connectivity index (χ1n) is 8.40. The Hall–Kier alpha value is -2.05. The summed E-state index contributed by atoms with van der Waals surface area (Å²) in [6, 6.07) is 12.5. The highest BCUT2D eigenvalue weighted by Gasteiger charge is 2.25. The second kappa shape index (κ2) is 8.56. The van der Waals surface area contributed by atoms with E-state index in [0.29, 0.717) is 29.2 Å². The minimum absolute atomic E-state index is 0.311. The summed E-state index contributed by atoms with van der Waals surface area (Å²) in [5.41, 5.74) is 2.82. The van der Waals surface area contributed by atoms with Crippen LogP contribution in [0.3, 0.4) is 0 Å². The monoisotopic (exact) mass is 394 g/mol. The van der Waals surface area contributed by atoms with Crippen LogP contribution in [0.15, 0.2) is 42.5 Å². The highest BCUT2D eigenvalue weighted by atomic mass is 35.5. The van der Waals surface area contributed by atoms with Crippen LogP contribution in [0, 0.1) is 0 Å². The molecule has 0 aromatic heterocycles. The topological polar surface area (TPSA) is 66.5 Å². The SMILES string of the molecule is CCc1cccc(CC)c1N(CC(=O)Nc1ccccc1Cl)S(C)(=O)=O. The molecule has 0 aliphatic rings. The lowest BCUT2D eigenvalue weighted by Crippen LogP contribution is -2.38. The first-order valence-corrected chi connectivity index (χ1v) is 10.6. The van der Waals surface area contributed by atoms with Crippen molar-refractivity contribution in [2.45, 2.75) is 26.7 Å². The number of nitrogens with one attached hydrogen (secondary N) is 1. The van der Waals surface area contributed by atoms with E-state index < -0.39 is 15.9 Å². The fourth-order valence-corrected chi connectivity index (χ4v) is 3.88. The minimum atomic E-state index is -3.64. The molecular weight excluding hydrogens is 372 g/mol. The van der Waals surface area contributed by atoms with Crippen molar-refractivity contribution < 1.29 is 13.2 Å². The number of anilines is 2. The maximum atomic E-state index is 12.5. The van der Waals surface area contributed by atoms with Crippen LogP contribution in [0.25, 0.3) is 0 Å². The number of amides is 1. The summed E-state index contributed by atoms with van der Waals surface area (Å²) in [7, 11) is -3.64. The molecule has 0 bridgehead atoms. The van der Waals surface area contributed by atoms with Gasteiger partial charge in [-0.15, -0.1) is 0 Å². The van der Waals surface area contributed by atoms with Gasteiger partial charge in [0.1, 0.15) is 6.54 Å². The van der Waals surface area contributed by atoms with Crippen molar-refractivity contribution in [1.82, 2.24) is 0 Å². The molecule has 0 fully saturated rings. The molecule has 7 heteroatoms. The lowest BCUT2D eigenvalue weighted by Gasteiger charge is -2.26. The first kappa shape index (κ1) is 20.3. The van der Waals surface area contributed by atoms with E-state index in [4.69, 9.17) is 11.6 Å². The van der Waals surface area contributed by atoms with Gasteiger partial charge >= 0.3 is 0 Å². The number of aryl methyl sites for hydroxylation is 2. The van der Waals surface area contributed by atoms with Crippen molar-refractivity contribution in [2.75, 3.05) is 22.4 Å². The zero-order valence-corrected chi connectivity index (χ0v) is 16.7. The lowest BCUT2D eigenvalue weighted by atomic mass is 10.0. The van der Waals surface area contributed by atoms with E-state index in [1.165, 1.54) is 4.31 Å². The fourth-order valence-electron chi connectivity index (χ4n) is 2.78. The molecule has 26 heavy (non-hydrogen) atoms. The van der Waals surface area contributed by atoms with Gasteiger partial charge in [-0.3, -0.25) is 9.10 Å². The van der Waals surface area contributed by atoms with Crippen molar-refractivity contribution in [3.8, 4) is 0 Å². The molecule has 2 aromatic rings. The molecule has 0 saturated heterocycles. The van der Waals surface area contributed by atoms with Gasteiger partial charge in [0.2, 0.25) is 15.9 Å². The molecule has 0 radical (unpaired) electrons. The molecular formula is C19H23ClN2O3S.